The molecular formula is C14H24N6O2. The van der Waals surface area contributed by atoms with Gasteiger partial charge in [0.1, 0.15) is 5.60 Å². The van der Waals surface area contributed by atoms with Gasteiger partial charge in [0.25, 0.3) is 0 Å². The zero-order valence-corrected chi connectivity index (χ0v) is 13.4. The van der Waals surface area contributed by atoms with E-state index in [2.05, 4.69) is 32.3 Å². The minimum absolute atomic E-state index is 0.0254. The summed E-state index contributed by atoms with van der Waals surface area (Å²) in [7, 11) is 0. The van der Waals surface area contributed by atoms with Crippen molar-refractivity contribution in [2.75, 3.05) is 18.0 Å². The molecule has 1 aliphatic heterocycles. The van der Waals surface area contributed by atoms with Crippen molar-refractivity contribution in [2.24, 2.45) is 0 Å². The number of alkyl carbamates (subject to hydrolysis) is 1. The molecule has 1 aromatic heterocycles. The minimum Gasteiger partial charge on any atom is -0.444 e. The molecule has 1 aromatic rings. The molecule has 22 heavy (non-hydrogen) atoms. The number of tetrazole rings is 1. The first-order valence-electron chi connectivity index (χ1n) is 7.50. The van der Waals surface area contributed by atoms with Crippen LogP contribution < -0.4 is 10.2 Å². The second-order valence-corrected chi connectivity index (χ2v) is 6.38. The smallest absolute Gasteiger partial charge is 0.407 e. The van der Waals surface area contributed by atoms with Crippen molar-refractivity contribution in [3.8, 4) is 0 Å². The lowest BCUT2D eigenvalue weighted by Crippen LogP contribution is -2.49. The van der Waals surface area contributed by atoms with Gasteiger partial charge < -0.3 is 15.0 Å². The van der Waals surface area contributed by atoms with Gasteiger partial charge in [-0.15, -0.1) is 6.58 Å². The van der Waals surface area contributed by atoms with E-state index in [1.54, 1.807) is 10.8 Å². The number of piperidine rings is 1. The van der Waals surface area contributed by atoms with E-state index < -0.39 is 5.60 Å². The van der Waals surface area contributed by atoms with Gasteiger partial charge in [-0.3, -0.25) is 0 Å². The highest BCUT2D eigenvalue weighted by Crippen LogP contribution is 2.17. The van der Waals surface area contributed by atoms with Crippen molar-refractivity contribution in [2.45, 2.75) is 51.8 Å². The summed E-state index contributed by atoms with van der Waals surface area (Å²) in [4.78, 5) is 14.0. The lowest BCUT2D eigenvalue weighted by molar-refractivity contribution is 0.0500. The van der Waals surface area contributed by atoms with Crippen LogP contribution in [0.2, 0.25) is 0 Å². The van der Waals surface area contributed by atoms with E-state index in [0.29, 0.717) is 19.0 Å². The quantitative estimate of drug-likeness (QED) is 0.845. The van der Waals surface area contributed by atoms with Crippen LogP contribution in [0.15, 0.2) is 12.7 Å². The van der Waals surface area contributed by atoms with Gasteiger partial charge in [-0.25, -0.2) is 9.48 Å². The second-order valence-electron chi connectivity index (χ2n) is 6.38. The number of aromatic nitrogens is 4. The molecule has 1 amide bonds. The number of nitrogens with one attached hydrogen (secondary N) is 1. The van der Waals surface area contributed by atoms with Crippen LogP contribution in [0.25, 0.3) is 0 Å². The maximum atomic E-state index is 11.9. The summed E-state index contributed by atoms with van der Waals surface area (Å²) >= 11 is 0. The summed E-state index contributed by atoms with van der Waals surface area (Å²) in [6.07, 6.45) is 3.24. The molecule has 8 nitrogen and oxygen atoms in total. The first-order chi connectivity index (χ1) is 10.4. The molecule has 1 fully saturated rings. The van der Waals surface area contributed by atoms with E-state index in [-0.39, 0.29) is 12.1 Å². The van der Waals surface area contributed by atoms with Crippen molar-refractivity contribution >= 4 is 12.0 Å². The third-order valence-corrected chi connectivity index (χ3v) is 3.24. The van der Waals surface area contributed by atoms with E-state index in [9.17, 15) is 4.79 Å². The highest BCUT2D eigenvalue weighted by molar-refractivity contribution is 5.68. The zero-order valence-electron chi connectivity index (χ0n) is 13.4. The Morgan fingerprint density at radius 3 is 3.00 bits per heavy atom. The normalized spacial score (nSPS) is 18.9. The fourth-order valence-electron chi connectivity index (χ4n) is 2.42. The lowest BCUT2D eigenvalue weighted by Gasteiger charge is -2.33. The molecule has 0 spiro atoms. The summed E-state index contributed by atoms with van der Waals surface area (Å²) < 4.78 is 7.00. The van der Waals surface area contributed by atoms with Gasteiger partial charge >= 0.3 is 6.09 Å². The van der Waals surface area contributed by atoms with Gasteiger partial charge in [-0.1, -0.05) is 11.2 Å². The van der Waals surface area contributed by atoms with Gasteiger partial charge in [0.15, 0.2) is 0 Å². The number of amides is 1. The molecule has 0 saturated carbocycles. The van der Waals surface area contributed by atoms with Gasteiger partial charge in [-0.05, 0) is 44.0 Å². The Morgan fingerprint density at radius 1 is 1.55 bits per heavy atom. The molecule has 2 heterocycles. The monoisotopic (exact) mass is 308 g/mol. The Labute approximate surface area is 130 Å². The van der Waals surface area contributed by atoms with Crippen LogP contribution >= 0.6 is 0 Å². The summed E-state index contributed by atoms with van der Waals surface area (Å²) in [6.45, 7) is 11.3. The highest BCUT2D eigenvalue weighted by Gasteiger charge is 2.26. The average molecular weight is 308 g/mol. The standard InChI is InChI=1S/C14H24N6O2/c1-5-8-20-12(16-17-18-20)19-9-6-7-11(10-19)15-13(21)22-14(2,3)4/h5,11H,1,6-10H2,2-4H3,(H,15,21)/t11-/m0/s1. The number of carbonyl (C=O) groups is 1. The summed E-state index contributed by atoms with van der Waals surface area (Å²) in [5.74, 6) is 0.704. The number of anilines is 1. The number of hydrogen-bond donors (Lipinski definition) is 1. The Hall–Kier alpha value is -2.12. The van der Waals surface area contributed by atoms with Crippen LogP contribution in [0.5, 0.6) is 0 Å². The van der Waals surface area contributed by atoms with Gasteiger partial charge in [0.2, 0.25) is 5.95 Å². The molecule has 8 heteroatoms. The number of rotatable bonds is 4. The van der Waals surface area contributed by atoms with Crippen molar-refractivity contribution in [1.29, 1.82) is 0 Å². The largest absolute Gasteiger partial charge is 0.444 e. The Morgan fingerprint density at radius 2 is 2.32 bits per heavy atom. The van der Waals surface area contributed by atoms with Crippen molar-refractivity contribution in [1.82, 2.24) is 25.5 Å². The van der Waals surface area contributed by atoms with E-state index in [1.807, 2.05) is 20.8 Å². The van der Waals surface area contributed by atoms with Gasteiger partial charge in [0.05, 0.1) is 6.54 Å². The van der Waals surface area contributed by atoms with Crippen LogP contribution in [-0.4, -0.2) is 51.0 Å². The zero-order chi connectivity index (χ0) is 16.2. The third-order valence-electron chi connectivity index (χ3n) is 3.24. The van der Waals surface area contributed by atoms with Crippen LogP contribution in [0.4, 0.5) is 10.7 Å². The fraction of sp³-hybridized carbons (Fsp3) is 0.714. The molecule has 0 aromatic carbocycles. The van der Waals surface area contributed by atoms with Gasteiger partial charge in [0, 0.05) is 19.1 Å². The van der Waals surface area contributed by atoms with Crippen LogP contribution in [0.3, 0.4) is 0 Å². The van der Waals surface area contributed by atoms with E-state index >= 15 is 0 Å². The molecule has 2 rings (SSSR count). The Balaban J connectivity index is 1.95. The second kappa shape index (κ2) is 6.76. The van der Waals surface area contributed by atoms with E-state index in [0.717, 1.165) is 19.4 Å². The SMILES string of the molecule is C=CCn1nnnc1N1CCC[C@H](NC(=O)OC(C)(C)C)C1. The Bertz CT molecular complexity index is 522. The maximum absolute atomic E-state index is 11.9. The van der Waals surface area contributed by atoms with Crippen LogP contribution in [-0.2, 0) is 11.3 Å². The third kappa shape index (κ3) is 4.44. The summed E-state index contributed by atoms with van der Waals surface area (Å²) in [5, 5.41) is 14.6. The molecule has 1 atom stereocenters. The fourth-order valence-corrected chi connectivity index (χ4v) is 2.42. The first-order valence-corrected chi connectivity index (χ1v) is 7.50. The predicted octanol–water partition coefficient (Wildman–Crippen LogP) is 1.35. The van der Waals surface area contributed by atoms with Crippen LogP contribution in [0.1, 0.15) is 33.6 Å². The molecule has 1 saturated heterocycles. The molecule has 0 aliphatic carbocycles. The number of allylic oxidation sites excluding steroid dienone is 1. The van der Waals surface area contributed by atoms with Crippen molar-refractivity contribution in [3.05, 3.63) is 12.7 Å². The maximum Gasteiger partial charge on any atom is 0.407 e. The molecule has 0 radical (unpaired) electrons. The first kappa shape index (κ1) is 16.3. The average Bonchev–Trinajstić information content (AvgIpc) is 2.85. The summed E-state index contributed by atoms with van der Waals surface area (Å²) in [6, 6.07) is 0.0254. The number of carbonyl (C=O) groups excluding carboxylic acids is 1. The van der Waals surface area contributed by atoms with Gasteiger partial charge in [-0.2, -0.15) is 0 Å². The van der Waals surface area contributed by atoms with E-state index in [1.165, 1.54) is 0 Å². The molecule has 0 unspecified atom stereocenters. The van der Waals surface area contributed by atoms with Crippen molar-refractivity contribution in [3.63, 3.8) is 0 Å². The summed E-state index contributed by atoms with van der Waals surface area (Å²) in [5.41, 5.74) is -0.494. The number of nitrogens with zero attached hydrogens (tertiary/aromatic N) is 5. The molecular weight excluding hydrogens is 284 g/mol. The molecule has 1 N–H and O–H groups in total. The van der Waals surface area contributed by atoms with Crippen LogP contribution in [0, 0.1) is 0 Å². The minimum atomic E-state index is -0.494. The molecule has 0 bridgehead atoms. The molecule has 1 aliphatic rings. The number of hydrogen-bond acceptors (Lipinski definition) is 6. The highest BCUT2D eigenvalue weighted by atomic mass is 16.6. The molecule has 122 valence electrons. The lowest BCUT2D eigenvalue weighted by atomic mass is 10.1. The Kier molecular flexibility index (Phi) is 4.99. The topological polar surface area (TPSA) is 85.2 Å². The van der Waals surface area contributed by atoms with Crippen molar-refractivity contribution < 1.29 is 9.53 Å². The van der Waals surface area contributed by atoms with E-state index in [4.69, 9.17) is 4.74 Å². The number of ether oxygens (including phenoxy) is 1. The predicted molar refractivity (Wildman–Crippen MR) is 82.6 cm³/mol.